The van der Waals surface area contributed by atoms with Gasteiger partial charge in [-0.1, -0.05) is 0 Å². The first-order valence-corrected chi connectivity index (χ1v) is 8.73. The van der Waals surface area contributed by atoms with Crippen LogP contribution in [0.4, 0.5) is 18.9 Å². The lowest BCUT2D eigenvalue weighted by molar-refractivity contribution is -0.274. The fourth-order valence-electron chi connectivity index (χ4n) is 3.56. The largest absolute Gasteiger partial charge is 0.573 e. The maximum absolute atomic E-state index is 13.1. The normalized spacial score (nSPS) is 14.2. The number of hydrogen-bond acceptors (Lipinski definition) is 4. The number of alkyl halides is 3. The van der Waals surface area contributed by atoms with Gasteiger partial charge in [-0.15, -0.1) is 13.2 Å². The predicted molar refractivity (Wildman–Crippen MR) is 96.4 cm³/mol. The lowest BCUT2D eigenvalue weighted by Gasteiger charge is -2.30. The van der Waals surface area contributed by atoms with Crippen LogP contribution < -0.4 is 9.64 Å². The molecule has 146 valence electrons. The molecule has 0 N–H and O–H groups in total. The number of benzene rings is 1. The molecule has 1 aliphatic heterocycles. The maximum atomic E-state index is 13.1. The van der Waals surface area contributed by atoms with Gasteiger partial charge in [0, 0.05) is 30.9 Å². The number of fused-ring (bicyclic) bond motifs is 2. The van der Waals surface area contributed by atoms with E-state index < -0.39 is 6.36 Å². The number of aryl methyl sites for hydroxylation is 3. The van der Waals surface area contributed by atoms with Crippen molar-refractivity contribution in [2.75, 3.05) is 11.4 Å². The number of anilines is 1. The second kappa shape index (κ2) is 6.50. The van der Waals surface area contributed by atoms with Crippen LogP contribution in [-0.4, -0.2) is 33.6 Å². The lowest BCUT2D eigenvalue weighted by atomic mass is 10.0. The summed E-state index contributed by atoms with van der Waals surface area (Å²) in [6.07, 6.45) is -2.02. The highest BCUT2D eigenvalue weighted by Crippen LogP contribution is 2.33. The lowest BCUT2D eigenvalue weighted by Crippen LogP contribution is -2.35. The van der Waals surface area contributed by atoms with Crippen molar-refractivity contribution in [1.82, 2.24) is 14.8 Å². The molecular weight excluding hydrogens is 373 g/mol. The number of hydrogen-bond donors (Lipinski definition) is 0. The van der Waals surface area contributed by atoms with E-state index in [1.165, 1.54) is 24.4 Å². The highest BCUT2D eigenvalue weighted by atomic mass is 19.4. The molecule has 9 heteroatoms. The summed E-state index contributed by atoms with van der Waals surface area (Å²) in [5, 5.41) is 5.09. The van der Waals surface area contributed by atoms with Gasteiger partial charge in [0.1, 0.15) is 5.75 Å². The zero-order valence-electron chi connectivity index (χ0n) is 15.2. The van der Waals surface area contributed by atoms with Crippen LogP contribution in [0.2, 0.25) is 0 Å². The molecule has 0 atom stereocenters. The summed E-state index contributed by atoms with van der Waals surface area (Å²) in [5.74, 6) is -0.530. The molecule has 0 aliphatic carbocycles. The Kier molecular flexibility index (Phi) is 4.24. The number of carbonyl (C=O) groups excluding carboxylic acids is 1. The Bertz CT molecular complexity index is 1070. The Morgan fingerprint density at radius 3 is 2.79 bits per heavy atom. The summed E-state index contributed by atoms with van der Waals surface area (Å²) >= 11 is 0. The Morgan fingerprint density at radius 2 is 2.04 bits per heavy atom. The van der Waals surface area contributed by atoms with Gasteiger partial charge < -0.3 is 9.64 Å². The molecule has 0 saturated heterocycles. The van der Waals surface area contributed by atoms with Crippen molar-refractivity contribution >= 4 is 22.6 Å². The van der Waals surface area contributed by atoms with Crippen molar-refractivity contribution in [1.29, 1.82) is 0 Å². The average molecular weight is 390 g/mol. The van der Waals surface area contributed by atoms with E-state index in [9.17, 15) is 18.0 Å². The van der Waals surface area contributed by atoms with Gasteiger partial charge in [-0.05, 0) is 49.6 Å². The topological polar surface area (TPSA) is 60.2 Å². The number of pyridine rings is 1. The molecule has 2 aromatic heterocycles. The Hall–Kier alpha value is -3.10. The molecule has 3 heterocycles. The van der Waals surface area contributed by atoms with Crippen LogP contribution in [0.25, 0.3) is 11.0 Å². The number of aromatic nitrogens is 3. The highest BCUT2D eigenvalue weighted by Gasteiger charge is 2.32. The van der Waals surface area contributed by atoms with Crippen molar-refractivity contribution in [3.8, 4) is 5.75 Å². The minimum absolute atomic E-state index is 0.247. The standard InChI is InChI=1S/C19H17F3N4O2/c1-11-15-9-13(10-23-17(15)25(2)24-11)18(27)26-7-3-4-12-8-14(5-6-16(12)26)28-19(20,21)22/h5-6,8-10H,3-4,7H2,1-2H3. The number of halogens is 3. The van der Waals surface area contributed by atoms with Gasteiger partial charge in [0.15, 0.2) is 5.65 Å². The minimum Gasteiger partial charge on any atom is -0.406 e. The first kappa shape index (κ1) is 18.3. The van der Waals surface area contributed by atoms with Gasteiger partial charge in [-0.3, -0.25) is 9.48 Å². The minimum atomic E-state index is -4.75. The molecule has 6 nitrogen and oxygen atoms in total. The number of amides is 1. The van der Waals surface area contributed by atoms with E-state index in [4.69, 9.17) is 0 Å². The summed E-state index contributed by atoms with van der Waals surface area (Å²) in [4.78, 5) is 19.0. The first-order chi connectivity index (χ1) is 13.2. The molecule has 0 fully saturated rings. The molecule has 0 radical (unpaired) electrons. The van der Waals surface area contributed by atoms with Gasteiger partial charge in [-0.2, -0.15) is 5.10 Å². The molecule has 1 aromatic carbocycles. The molecule has 1 aliphatic rings. The van der Waals surface area contributed by atoms with Gasteiger partial charge in [0.2, 0.25) is 0 Å². The number of rotatable bonds is 2. The number of nitrogens with zero attached hydrogens (tertiary/aromatic N) is 4. The Balaban J connectivity index is 1.67. The van der Waals surface area contributed by atoms with E-state index >= 15 is 0 Å². The molecular formula is C19H17F3N4O2. The van der Waals surface area contributed by atoms with Crippen LogP contribution in [-0.2, 0) is 13.5 Å². The quantitative estimate of drug-likeness (QED) is 0.668. The van der Waals surface area contributed by atoms with Crippen LogP contribution in [0.15, 0.2) is 30.5 Å². The van der Waals surface area contributed by atoms with Gasteiger partial charge >= 0.3 is 6.36 Å². The summed E-state index contributed by atoms with van der Waals surface area (Å²) in [6.45, 7) is 2.33. The summed E-state index contributed by atoms with van der Waals surface area (Å²) < 4.78 is 43.0. The third-order valence-corrected chi connectivity index (χ3v) is 4.76. The molecule has 0 bridgehead atoms. The van der Waals surface area contributed by atoms with E-state index in [-0.39, 0.29) is 11.7 Å². The summed E-state index contributed by atoms with van der Waals surface area (Å²) in [7, 11) is 1.78. The van der Waals surface area contributed by atoms with Crippen molar-refractivity contribution in [3.05, 3.63) is 47.3 Å². The third kappa shape index (κ3) is 3.28. The van der Waals surface area contributed by atoms with Crippen LogP contribution in [0.3, 0.4) is 0 Å². The second-order valence-corrected chi connectivity index (χ2v) is 6.70. The van der Waals surface area contributed by atoms with E-state index in [2.05, 4.69) is 14.8 Å². The smallest absolute Gasteiger partial charge is 0.406 e. The van der Waals surface area contributed by atoms with E-state index in [1.807, 2.05) is 6.92 Å². The van der Waals surface area contributed by atoms with Gasteiger partial charge in [0.25, 0.3) is 5.91 Å². The SMILES string of the molecule is Cc1nn(C)c2ncc(C(=O)N3CCCc4cc(OC(F)(F)F)ccc43)cc12. The second-order valence-electron chi connectivity index (χ2n) is 6.70. The average Bonchev–Trinajstić information content (AvgIpc) is 2.92. The van der Waals surface area contributed by atoms with Crippen LogP contribution >= 0.6 is 0 Å². The molecule has 0 saturated carbocycles. The Labute approximate surface area is 158 Å². The molecule has 0 unspecified atom stereocenters. The predicted octanol–water partition coefficient (Wildman–Crippen LogP) is 3.77. The van der Waals surface area contributed by atoms with E-state index in [0.717, 1.165) is 11.1 Å². The van der Waals surface area contributed by atoms with Crippen molar-refractivity contribution in [2.24, 2.45) is 7.05 Å². The molecule has 1 amide bonds. The van der Waals surface area contributed by atoms with Crippen molar-refractivity contribution < 1.29 is 22.7 Å². The van der Waals surface area contributed by atoms with Crippen LogP contribution in [0.5, 0.6) is 5.75 Å². The van der Waals surface area contributed by atoms with E-state index in [1.54, 1.807) is 22.7 Å². The first-order valence-electron chi connectivity index (χ1n) is 8.73. The highest BCUT2D eigenvalue weighted by molar-refractivity contribution is 6.08. The van der Waals surface area contributed by atoms with Gasteiger partial charge in [-0.25, -0.2) is 4.98 Å². The monoisotopic (exact) mass is 390 g/mol. The summed E-state index contributed by atoms with van der Waals surface area (Å²) in [6, 6.07) is 5.82. The van der Waals surface area contributed by atoms with Crippen LogP contribution in [0, 0.1) is 6.92 Å². The zero-order chi connectivity index (χ0) is 20.1. The maximum Gasteiger partial charge on any atom is 0.573 e. The van der Waals surface area contributed by atoms with Crippen LogP contribution in [0.1, 0.15) is 28.0 Å². The molecule has 28 heavy (non-hydrogen) atoms. The molecule has 0 spiro atoms. The molecule has 3 aromatic rings. The van der Waals surface area contributed by atoms with Crippen molar-refractivity contribution in [3.63, 3.8) is 0 Å². The van der Waals surface area contributed by atoms with Crippen molar-refractivity contribution in [2.45, 2.75) is 26.1 Å². The van der Waals surface area contributed by atoms with E-state index in [0.29, 0.717) is 41.8 Å². The number of ether oxygens (including phenoxy) is 1. The fourth-order valence-corrected chi connectivity index (χ4v) is 3.56. The zero-order valence-corrected chi connectivity index (χ0v) is 15.2. The third-order valence-electron chi connectivity index (χ3n) is 4.76. The van der Waals surface area contributed by atoms with Gasteiger partial charge in [0.05, 0.1) is 11.3 Å². The number of carbonyl (C=O) groups is 1. The summed E-state index contributed by atoms with van der Waals surface area (Å²) in [5.41, 5.74) is 3.10. The molecule has 4 rings (SSSR count). The fraction of sp³-hybridized carbons (Fsp3) is 0.316. The Morgan fingerprint density at radius 1 is 1.25 bits per heavy atom.